The van der Waals surface area contributed by atoms with Gasteiger partial charge >= 0.3 is 5.97 Å². The Hall–Kier alpha value is -2.77. The number of hydrogen-bond donors (Lipinski definition) is 1. The average Bonchev–Trinajstić information content (AvgIpc) is 3.30. The number of anilines is 1. The van der Waals surface area contributed by atoms with Crippen LogP contribution in [0, 0.1) is 0 Å². The van der Waals surface area contributed by atoms with Crippen molar-refractivity contribution in [3.05, 3.63) is 52.0 Å². The quantitative estimate of drug-likeness (QED) is 0.512. The van der Waals surface area contributed by atoms with Crippen molar-refractivity contribution in [1.29, 1.82) is 0 Å². The summed E-state index contributed by atoms with van der Waals surface area (Å²) in [7, 11) is 0. The van der Waals surface area contributed by atoms with E-state index in [4.69, 9.17) is 15.5 Å². The maximum absolute atomic E-state index is 12.2. The Balaban J connectivity index is 1.99. The van der Waals surface area contributed by atoms with Crippen LogP contribution in [0.4, 0.5) is 5.69 Å². The highest BCUT2D eigenvalue weighted by Crippen LogP contribution is 2.40. The lowest BCUT2D eigenvalue weighted by atomic mass is 10.1. The second-order valence-electron chi connectivity index (χ2n) is 5.52. The molecule has 26 heavy (non-hydrogen) atoms. The van der Waals surface area contributed by atoms with Crippen LogP contribution in [0.15, 0.2) is 47.2 Å². The number of thiophene rings is 2. The van der Waals surface area contributed by atoms with Gasteiger partial charge in [-0.25, -0.2) is 14.8 Å². The molecule has 0 aliphatic rings. The Labute approximate surface area is 158 Å². The third-order valence-corrected chi connectivity index (χ3v) is 5.64. The number of fused-ring (bicyclic) bond motifs is 1. The van der Waals surface area contributed by atoms with E-state index in [1.807, 2.05) is 47.2 Å². The maximum atomic E-state index is 12.2. The number of nitrogens with zero attached hydrogens (tertiary/aromatic N) is 2. The standard InChI is InChI=1S/C19H15N3O2S2/c1-2-24-19(23)16-14(20)13-15(12-8-9-25-10-12)21-17(22-18(13)26-16)11-6-4-3-5-7-11/h3-10H,2,20H2,1H3. The average molecular weight is 381 g/mol. The van der Waals surface area contributed by atoms with Crippen LogP contribution < -0.4 is 5.73 Å². The highest BCUT2D eigenvalue weighted by atomic mass is 32.1. The number of esters is 1. The predicted octanol–water partition coefficient (Wildman–Crippen LogP) is 4.85. The van der Waals surface area contributed by atoms with Gasteiger partial charge in [0.25, 0.3) is 0 Å². The summed E-state index contributed by atoms with van der Waals surface area (Å²) in [6.45, 7) is 2.07. The van der Waals surface area contributed by atoms with Crippen molar-refractivity contribution in [2.45, 2.75) is 6.92 Å². The zero-order valence-electron chi connectivity index (χ0n) is 13.9. The molecule has 0 saturated carbocycles. The fourth-order valence-electron chi connectivity index (χ4n) is 2.69. The van der Waals surface area contributed by atoms with E-state index in [0.717, 1.165) is 16.8 Å². The van der Waals surface area contributed by atoms with E-state index in [-0.39, 0.29) is 0 Å². The number of hydrogen-bond acceptors (Lipinski definition) is 7. The molecule has 5 nitrogen and oxygen atoms in total. The lowest BCUT2D eigenvalue weighted by Crippen LogP contribution is -2.05. The summed E-state index contributed by atoms with van der Waals surface area (Å²) in [4.78, 5) is 22.7. The largest absolute Gasteiger partial charge is 0.462 e. The maximum Gasteiger partial charge on any atom is 0.350 e. The SMILES string of the molecule is CCOC(=O)c1sc2nc(-c3ccccc3)nc(-c3ccsc3)c2c1N. The van der Waals surface area contributed by atoms with E-state index in [1.54, 1.807) is 18.3 Å². The highest BCUT2D eigenvalue weighted by Gasteiger charge is 2.23. The molecular formula is C19H15N3O2S2. The van der Waals surface area contributed by atoms with Gasteiger partial charge in [0.05, 0.1) is 23.4 Å². The third-order valence-electron chi connectivity index (χ3n) is 3.88. The molecule has 2 N–H and O–H groups in total. The summed E-state index contributed by atoms with van der Waals surface area (Å²) in [6, 6.07) is 11.7. The van der Waals surface area contributed by atoms with Gasteiger partial charge in [-0.2, -0.15) is 11.3 Å². The lowest BCUT2D eigenvalue weighted by molar-refractivity contribution is 0.0533. The second-order valence-corrected chi connectivity index (χ2v) is 7.30. The Bertz CT molecular complexity index is 1070. The number of nitrogen functional groups attached to an aromatic ring is 1. The van der Waals surface area contributed by atoms with Gasteiger partial charge in [-0.1, -0.05) is 30.3 Å². The van der Waals surface area contributed by atoms with Gasteiger partial charge in [0.15, 0.2) is 5.82 Å². The van der Waals surface area contributed by atoms with Crippen LogP contribution in [0.1, 0.15) is 16.6 Å². The van der Waals surface area contributed by atoms with E-state index in [0.29, 0.717) is 33.2 Å². The Kier molecular flexibility index (Phi) is 4.40. The minimum atomic E-state index is -0.425. The lowest BCUT2D eigenvalue weighted by Gasteiger charge is -2.06. The van der Waals surface area contributed by atoms with Crippen molar-refractivity contribution >= 4 is 44.5 Å². The summed E-state index contributed by atoms with van der Waals surface area (Å²) in [5.41, 5.74) is 9.28. The van der Waals surface area contributed by atoms with E-state index in [1.165, 1.54) is 11.3 Å². The van der Waals surface area contributed by atoms with Crippen molar-refractivity contribution in [2.75, 3.05) is 12.3 Å². The molecule has 7 heteroatoms. The van der Waals surface area contributed by atoms with Gasteiger partial charge in [-0.3, -0.25) is 0 Å². The second kappa shape index (κ2) is 6.86. The first-order valence-corrected chi connectivity index (χ1v) is 9.80. The number of ether oxygens (including phenoxy) is 1. The van der Waals surface area contributed by atoms with Crippen molar-refractivity contribution in [2.24, 2.45) is 0 Å². The number of carbonyl (C=O) groups is 1. The van der Waals surface area contributed by atoms with Crippen LogP contribution in [0.2, 0.25) is 0 Å². The fraction of sp³-hybridized carbons (Fsp3) is 0.105. The topological polar surface area (TPSA) is 78.1 Å². The number of nitrogens with two attached hydrogens (primary N) is 1. The molecule has 0 radical (unpaired) electrons. The molecular weight excluding hydrogens is 366 g/mol. The van der Waals surface area contributed by atoms with Gasteiger partial charge in [-0.15, -0.1) is 11.3 Å². The Morgan fingerprint density at radius 2 is 1.96 bits per heavy atom. The van der Waals surface area contributed by atoms with Crippen molar-refractivity contribution < 1.29 is 9.53 Å². The van der Waals surface area contributed by atoms with E-state index >= 15 is 0 Å². The van der Waals surface area contributed by atoms with Crippen LogP contribution in [0.3, 0.4) is 0 Å². The molecule has 0 spiro atoms. The van der Waals surface area contributed by atoms with Crippen molar-refractivity contribution in [3.63, 3.8) is 0 Å². The Morgan fingerprint density at radius 1 is 1.15 bits per heavy atom. The molecule has 130 valence electrons. The van der Waals surface area contributed by atoms with Crippen LogP contribution in [0.25, 0.3) is 32.9 Å². The molecule has 0 aliphatic carbocycles. The van der Waals surface area contributed by atoms with Gasteiger partial charge in [0.1, 0.15) is 9.71 Å². The van der Waals surface area contributed by atoms with E-state index < -0.39 is 5.97 Å². The van der Waals surface area contributed by atoms with Crippen LogP contribution in [0.5, 0.6) is 0 Å². The zero-order chi connectivity index (χ0) is 18.1. The van der Waals surface area contributed by atoms with E-state index in [2.05, 4.69) is 4.98 Å². The van der Waals surface area contributed by atoms with Crippen LogP contribution >= 0.6 is 22.7 Å². The molecule has 0 saturated heterocycles. The monoisotopic (exact) mass is 381 g/mol. The molecule has 1 aromatic carbocycles. The predicted molar refractivity (Wildman–Crippen MR) is 107 cm³/mol. The molecule has 0 atom stereocenters. The van der Waals surface area contributed by atoms with Gasteiger partial charge in [0, 0.05) is 16.5 Å². The van der Waals surface area contributed by atoms with Gasteiger partial charge in [0.2, 0.25) is 0 Å². The first kappa shape index (κ1) is 16.7. The highest BCUT2D eigenvalue weighted by molar-refractivity contribution is 7.21. The minimum Gasteiger partial charge on any atom is -0.462 e. The summed E-state index contributed by atoms with van der Waals surface area (Å²) < 4.78 is 5.13. The summed E-state index contributed by atoms with van der Waals surface area (Å²) in [6.07, 6.45) is 0. The minimum absolute atomic E-state index is 0.296. The van der Waals surface area contributed by atoms with Crippen molar-refractivity contribution in [1.82, 2.24) is 9.97 Å². The third kappa shape index (κ3) is 2.85. The van der Waals surface area contributed by atoms with Gasteiger partial charge in [-0.05, 0) is 18.4 Å². The summed E-state index contributed by atoms with van der Waals surface area (Å²) in [5, 5.41) is 4.70. The summed E-state index contributed by atoms with van der Waals surface area (Å²) in [5.74, 6) is 0.182. The normalized spacial score (nSPS) is 11.0. The zero-order valence-corrected chi connectivity index (χ0v) is 15.6. The Morgan fingerprint density at radius 3 is 2.65 bits per heavy atom. The molecule has 0 unspecified atom stereocenters. The molecule has 0 bridgehead atoms. The first-order valence-electron chi connectivity index (χ1n) is 8.04. The molecule has 4 aromatic rings. The van der Waals surface area contributed by atoms with Gasteiger partial charge < -0.3 is 10.5 Å². The van der Waals surface area contributed by atoms with Crippen molar-refractivity contribution in [3.8, 4) is 22.6 Å². The summed E-state index contributed by atoms with van der Waals surface area (Å²) >= 11 is 2.83. The molecule has 3 aromatic heterocycles. The first-order chi connectivity index (χ1) is 12.7. The number of aromatic nitrogens is 2. The molecule has 0 fully saturated rings. The number of benzene rings is 1. The molecule has 4 rings (SSSR count). The van der Waals surface area contributed by atoms with Crippen LogP contribution in [-0.4, -0.2) is 22.5 Å². The molecule has 3 heterocycles. The molecule has 0 amide bonds. The molecule has 0 aliphatic heterocycles. The van der Waals surface area contributed by atoms with E-state index in [9.17, 15) is 4.79 Å². The number of rotatable bonds is 4. The fourth-order valence-corrected chi connectivity index (χ4v) is 4.32. The smallest absolute Gasteiger partial charge is 0.350 e. The van der Waals surface area contributed by atoms with Crippen LogP contribution in [-0.2, 0) is 4.74 Å². The number of carbonyl (C=O) groups excluding carboxylic acids is 1.